The first kappa shape index (κ1) is 16.4. The van der Waals surface area contributed by atoms with Crippen LogP contribution in [0.15, 0.2) is 53.1 Å². The second kappa shape index (κ2) is 6.60. The van der Waals surface area contributed by atoms with E-state index in [0.29, 0.717) is 11.4 Å². The highest BCUT2D eigenvalue weighted by atomic mass is 79.9. The molecule has 1 aliphatic heterocycles. The molecule has 1 unspecified atom stereocenters. The Morgan fingerprint density at radius 2 is 2.08 bits per heavy atom. The van der Waals surface area contributed by atoms with E-state index in [0.717, 1.165) is 9.37 Å². The third-order valence-electron chi connectivity index (χ3n) is 3.83. The van der Waals surface area contributed by atoms with Gasteiger partial charge < -0.3 is 10.1 Å². The molecule has 24 heavy (non-hydrogen) atoms. The summed E-state index contributed by atoms with van der Waals surface area (Å²) < 4.78 is 6.50. The molecule has 0 radical (unpaired) electrons. The van der Waals surface area contributed by atoms with Crippen LogP contribution in [0.25, 0.3) is 0 Å². The maximum atomic E-state index is 12.7. The van der Waals surface area contributed by atoms with Crippen LogP contribution in [0.4, 0.5) is 4.79 Å². The van der Waals surface area contributed by atoms with Crippen molar-refractivity contribution in [3.8, 4) is 5.75 Å². The topological polar surface area (TPSA) is 71.5 Å². The van der Waals surface area contributed by atoms with Crippen molar-refractivity contribution in [2.45, 2.75) is 12.5 Å². The molecule has 1 N–H and O–H groups in total. The van der Waals surface area contributed by atoms with E-state index in [-0.39, 0.29) is 19.1 Å². The quantitative estimate of drug-likeness (QED) is 0.797. The Kier molecular flexibility index (Phi) is 4.53. The molecule has 1 aromatic heterocycles. The van der Waals surface area contributed by atoms with Gasteiger partial charge in [0.05, 0.1) is 12.2 Å². The summed E-state index contributed by atoms with van der Waals surface area (Å²) in [4.78, 5) is 30.2. The molecule has 1 saturated heterocycles. The van der Waals surface area contributed by atoms with Crippen LogP contribution in [0, 0.1) is 0 Å². The van der Waals surface area contributed by atoms with Crippen LogP contribution in [0.3, 0.4) is 0 Å². The number of benzene rings is 1. The van der Waals surface area contributed by atoms with Gasteiger partial charge in [0.15, 0.2) is 5.54 Å². The lowest BCUT2D eigenvalue weighted by molar-refractivity contribution is -0.131. The highest BCUT2D eigenvalue weighted by molar-refractivity contribution is 9.10. The van der Waals surface area contributed by atoms with Gasteiger partial charge in [-0.1, -0.05) is 28.1 Å². The van der Waals surface area contributed by atoms with Gasteiger partial charge in [-0.2, -0.15) is 0 Å². The first-order valence-corrected chi connectivity index (χ1v) is 8.24. The normalized spacial score (nSPS) is 20.2. The summed E-state index contributed by atoms with van der Waals surface area (Å²) in [7, 11) is 0. The second-order valence-electron chi connectivity index (χ2n) is 5.53. The van der Waals surface area contributed by atoms with Crippen LogP contribution in [-0.4, -0.2) is 35.0 Å². The molecule has 0 aliphatic carbocycles. The number of aromatic nitrogens is 1. The van der Waals surface area contributed by atoms with Gasteiger partial charge in [0.25, 0.3) is 5.91 Å². The monoisotopic (exact) mass is 389 g/mol. The number of halogens is 1. The predicted molar refractivity (Wildman–Crippen MR) is 91.5 cm³/mol. The summed E-state index contributed by atoms with van der Waals surface area (Å²) in [5.74, 6) is 0.341. The van der Waals surface area contributed by atoms with E-state index in [1.807, 2.05) is 24.3 Å². The van der Waals surface area contributed by atoms with Crippen LogP contribution < -0.4 is 10.1 Å². The maximum absolute atomic E-state index is 12.7. The number of hydrogen-bond acceptors (Lipinski definition) is 4. The molecular weight excluding hydrogens is 374 g/mol. The van der Waals surface area contributed by atoms with Gasteiger partial charge >= 0.3 is 6.03 Å². The maximum Gasteiger partial charge on any atom is 0.325 e. The van der Waals surface area contributed by atoms with E-state index in [4.69, 9.17) is 4.74 Å². The Labute approximate surface area is 148 Å². The van der Waals surface area contributed by atoms with Gasteiger partial charge in [-0.05, 0) is 37.3 Å². The highest BCUT2D eigenvalue weighted by Gasteiger charge is 2.49. The minimum Gasteiger partial charge on any atom is -0.492 e. The molecule has 2 heterocycles. The van der Waals surface area contributed by atoms with Crippen molar-refractivity contribution in [2.24, 2.45) is 0 Å². The van der Waals surface area contributed by atoms with Crippen LogP contribution >= 0.6 is 15.9 Å². The molecule has 1 aromatic carbocycles. The fraction of sp³-hybridized carbons (Fsp3) is 0.235. The second-order valence-corrected chi connectivity index (χ2v) is 6.45. The van der Waals surface area contributed by atoms with Gasteiger partial charge in [-0.3, -0.25) is 14.7 Å². The minimum atomic E-state index is -1.14. The van der Waals surface area contributed by atoms with Gasteiger partial charge in [-0.15, -0.1) is 0 Å². The first-order chi connectivity index (χ1) is 11.5. The highest BCUT2D eigenvalue weighted by Crippen LogP contribution is 2.27. The van der Waals surface area contributed by atoms with Crippen molar-refractivity contribution >= 4 is 27.9 Å². The largest absolute Gasteiger partial charge is 0.492 e. The number of carbonyl (C=O) groups is 2. The molecule has 6 nitrogen and oxygen atoms in total. The summed E-state index contributed by atoms with van der Waals surface area (Å²) in [6.45, 7) is 2.04. The van der Waals surface area contributed by atoms with Gasteiger partial charge in [0, 0.05) is 10.7 Å². The SMILES string of the molecule is CC1(c2ccccn2)NC(=O)N(CCOc2cccc(Br)c2)C1=O. The average Bonchev–Trinajstić information content (AvgIpc) is 2.80. The summed E-state index contributed by atoms with van der Waals surface area (Å²) in [6.07, 6.45) is 1.60. The third kappa shape index (κ3) is 3.12. The molecular formula is C17H16BrN3O3. The lowest BCUT2D eigenvalue weighted by atomic mass is 9.97. The van der Waals surface area contributed by atoms with E-state index in [1.165, 1.54) is 0 Å². The molecule has 1 atom stereocenters. The lowest BCUT2D eigenvalue weighted by Gasteiger charge is -2.20. The Morgan fingerprint density at radius 3 is 2.79 bits per heavy atom. The predicted octanol–water partition coefficient (Wildman–Crippen LogP) is 2.69. The smallest absolute Gasteiger partial charge is 0.325 e. The number of amides is 3. The Hall–Kier alpha value is -2.41. The van der Waals surface area contributed by atoms with E-state index < -0.39 is 11.6 Å². The summed E-state index contributed by atoms with van der Waals surface area (Å²) in [6, 6.07) is 12.2. The minimum absolute atomic E-state index is 0.166. The number of nitrogens with one attached hydrogen (secondary N) is 1. The first-order valence-electron chi connectivity index (χ1n) is 7.45. The molecule has 0 bridgehead atoms. The zero-order valence-electron chi connectivity index (χ0n) is 13.0. The number of ether oxygens (including phenoxy) is 1. The lowest BCUT2D eigenvalue weighted by Crippen LogP contribution is -2.42. The van der Waals surface area contributed by atoms with Crippen molar-refractivity contribution in [3.05, 3.63) is 58.8 Å². The van der Waals surface area contributed by atoms with Crippen molar-refractivity contribution in [2.75, 3.05) is 13.2 Å². The number of carbonyl (C=O) groups excluding carboxylic acids is 2. The fourth-order valence-electron chi connectivity index (χ4n) is 2.54. The Bertz CT molecular complexity index is 769. The van der Waals surface area contributed by atoms with E-state index >= 15 is 0 Å². The average molecular weight is 390 g/mol. The molecule has 2 aromatic rings. The third-order valence-corrected chi connectivity index (χ3v) is 4.33. The van der Waals surface area contributed by atoms with E-state index in [9.17, 15) is 9.59 Å². The number of rotatable bonds is 5. The molecule has 3 rings (SSSR count). The number of nitrogens with zero attached hydrogens (tertiary/aromatic N) is 2. The van der Waals surface area contributed by atoms with E-state index in [1.54, 1.807) is 31.3 Å². The molecule has 7 heteroatoms. The zero-order chi connectivity index (χ0) is 17.2. The summed E-state index contributed by atoms with van der Waals surface area (Å²) in [5.41, 5.74) is -0.632. The number of urea groups is 1. The molecule has 0 spiro atoms. The molecule has 0 saturated carbocycles. The van der Waals surface area contributed by atoms with Crippen molar-refractivity contribution < 1.29 is 14.3 Å². The van der Waals surface area contributed by atoms with Crippen LogP contribution in [-0.2, 0) is 10.3 Å². The summed E-state index contributed by atoms with van der Waals surface area (Å²) >= 11 is 3.36. The Morgan fingerprint density at radius 1 is 1.25 bits per heavy atom. The van der Waals surface area contributed by atoms with Gasteiger partial charge in [0.2, 0.25) is 0 Å². The van der Waals surface area contributed by atoms with E-state index in [2.05, 4.69) is 26.2 Å². The number of imide groups is 1. The van der Waals surface area contributed by atoms with Crippen LogP contribution in [0.5, 0.6) is 5.75 Å². The van der Waals surface area contributed by atoms with Gasteiger partial charge in [-0.25, -0.2) is 4.79 Å². The molecule has 1 aliphatic rings. The van der Waals surface area contributed by atoms with Crippen molar-refractivity contribution in [1.29, 1.82) is 0 Å². The number of hydrogen-bond donors (Lipinski definition) is 1. The van der Waals surface area contributed by atoms with Crippen molar-refractivity contribution in [3.63, 3.8) is 0 Å². The van der Waals surface area contributed by atoms with Crippen LogP contribution in [0.1, 0.15) is 12.6 Å². The molecule has 124 valence electrons. The number of pyridine rings is 1. The zero-order valence-corrected chi connectivity index (χ0v) is 14.6. The Balaban J connectivity index is 1.67. The van der Waals surface area contributed by atoms with Crippen molar-refractivity contribution in [1.82, 2.24) is 15.2 Å². The molecule has 3 amide bonds. The molecule has 1 fully saturated rings. The standard InChI is InChI=1S/C17H16BrN3O3/c1-17(14-7-2-3-8-19-14)15(22)21(16(23)20-17)9-10-24-13-6-4-5-12(18)11-13/h2-8,11H,9-10H2,1H3,(H,20,23). The van der Waals surface area contributed by atoms with Crippen LogP contribution in [0.2, 0.25) is 0 Å². The fourth-order valence-corrected chi connectivity index (χ4v) is 2.92. The summed E-state index contributed by atoms with van der Waals surface area (Å²) in [5, 5.41) is 2.72. The van der Waals surface area contributed by atoms with Gasteiger partial charge in [0.1, 0.15) is 12.4 Å².